The van der Waals surface area contributed by atoms with E-state index in [9.17, 15) is 4.79 Å². The third-order valence-corrected chi connectivity index (χ3v) is 3.56. The molecule has 0 radical (unpaired) electrons. The lowest BCUT2D eigenvalue weighted by atomic mass is 10.0. The first-order valence-corrected chi connectivity index (χ1v) is 6.64. The molecule has 2 atom stereocenters. The normalized spacial score (nSPS) is 21.0. The molecule has 0 spiro atoms. The van der Waals surface area contributed by atoms with E-state index in [0.29, 0.717) is 0 Å². The lowest BCUT2D eigenvalue weighted by Crippen LogP contribution is -2.52. The second kappa shape index (κ2) is 5.97. The Morgan fingerprint density at radius 1 is 1.63 bits per heavy atom. The lowest BCUT2D eigenvalue weighted by molar-refractivity contribution is -0.133. The highest BCUT2D eigenvalue weighted by atomic mass is 16.2. The summed E-state index contributed by atoms with van der Waals surface area (Å²) in [7, 11) is 1.83. The zero-order valence-electron chi connectivity index (χ0n) is 11.5. The maximum absolute atomic E-state index is 11.9. The molecule has 104 valence electrons. The Balaban J connectivity index is 2.03. The van der Waals surface area contributed by atoms with Crippen molar-refractivity contribution in [3.63, 3.8) is 0 Å². The van der Waals surface area contributed by atoms with Crippen LogP contribution in [0, 0.1) is 0 Å². The molecule has 2 N–H and O–H groups in total. The van der Waals surface area contributed by atoms with Crippen molar-refractivity contribution < 1.29 is 4.79 Å². The average Bonchev–Trinajstić information content (AvgIpc) is 2.46. The fourth-order valence-corrected chi connectivity index (χ4v) is 2.44. The van der Waals surface area contributed by atoms with Gasteiger partial charge in [-0.3, -0.25) is 4.79 Å². The van der Waals surface area contributed by atoms with Crippen LogP contribution in [-0.4, -0.2) is 53.2 Å². The van der Waals surface area contributed by atoms with Gasteiger partial charge in [0.05, 0.1) is 6.04 Å². The summed E-state index contributed by atoms with van der Waals surface area (Å²) in [5.41, 5.74) is 5.66. The number of anilines is 1. The third-order valence-electron chi connectivity index (χ3n) is 3.56. The SMILES string of the molecule is CC(N)C(=O)N(C)C1CCCN(c2cccnn2)C1. The molecule has 1 aliphatic rings. The summed E-state index contributed by atoms with van der Waals surface area (Å²) in [6.07, 6.45) is 3.71. The molecule has 1 aromatic heterocycles. The highest BCUT2D eigenvalue weighted by Gasteiger charge is 2.27. The topological polar surface area (TPSA) is 75.4 Å². The summed E-state index contributed by atoms with van der Waals surface area (Å²) in [4.78, 5) is 15.9. The maximum atomic E-state index is 11.9. The molecular formula is C13H21N5O. The number of rotatable bonds is 3. The van der Waals surface area contributed by atoms with Gasteiger partial charge >= 0.3 is 0 Å². The van der Waals surface area contributed by atoms with Gasteiger partial charge in [0.25, 0.3) is 0 Å². The van der Waals surface area contributed by atoms with Crippen molar-refractivity contribution in [2.24, 2.45) is 5.73 Å². The molecule has 1 aromatic rings. The van der Waals surface area contributed by atoms with Crippen molar-refractivity contribution in [1.82, 2.24) is 15.1 Å². The fraction of sp³-hybridized carbons (Fsp3) is 0.615. The fourth-order valence-electron chi connectivity index (χ4n) is 2.44. The summed E-state index contributed by atoms with van der Waals surface area (Å²) in [5, 5.41) is 8.02. The molecule has 2 rings (SSSR count). The minimum absolute atomic E-state index is 0.00834. The summed E-state index contributed by atoms with van der Waals surface area (Å²) in [6, 6.07) is 3.57. The number of nitrogens with two attached hydrogens (primary N) is 1. The van der Waals surface area contributed by atoms with Crippen molar-refractivity contribution in [3.8, 4) is 0 Å². The van der Waals surface area contributed by atoms with Crippen molar-refractivity contribution in [1.29, 1.82) is 0 Å². The second-order valence-corrected chi connectivity index (χ2v) is 5.06. The van der Waals surface area contributed by atoms with E-state index in [1.807, 2.05) is 19.2 Å². The van der Waals surface area contributed by atoms with E-state index >= 15 is 0 Å². The van der Waals surface area contributed by atoms with Crippen molar-refractivity contribution in [3.05, 3.63) is 18.3 Å². The Hall–Kier alpha value is -1.69. The molecule has 0 bridgehead atoms. The molecule has 6 nitrogen and oxygen atoms in total. The van der Waals surface area contributed by atoms with Crippen LogP contribution in [0.1, 0.15) is 19.8 Å². The number of carbonyl (C=O) groups is 1. The number of carbonyl (C=O) groups excluding carboxylic acids is 1. The molecule has 1 amide bonds. The molecule has 19 heavy (non-hydrogen) atoms. The monoisotopic (exact) mass is 263 g/mol. The molecule has 2 unspecified atom stereocenters. The maximum Gasteiger partial charge on any atom is 0.239 e. The van der Waals surface area contributed by atoms with Gasteiger partial charge in [0.1, 0.15) is 0 Å². The molecule has 0 aromatic carbocycles. The zero-order chi connectivity index (χ0) is 13.8. The van der Waals surface area contributed by atoms with Gasteiger partial charge in [0.2, 0.25) is 5.91 Å². The van der Waals surface area contributed by atoms with Gasteiger partial charge in [-0.25, -0.2) is 0 Å². The van der Waals surface area contributed by atoms with Gasteiger partial charge in [-0.1, -0.05) is 0 Å². The van der Waals surface area contributed by atoms with Crippen LogP contribution in [0.25, 0.3) is 0 Å². The standard InChI is InChI=1S/C13H21N5O/c1-10(14)13(19)17(2)11-5-4-8-18(9-11)12-6-3-7-15-16-12/h3,6-7,10-11H,4-5,8-9,14H2,1-2H3. The molecule has 6 heteroatoms. The third kappa shape index (κ3) is 3.20. The van der Waals surface area contributed by atoms with E-state index in [2.05, 4.69) is 15.1 Å². The minimum atomic E-state index is -0.447. The van der Waals surface area contributed by atoms with Crippen LogP contribution in [0.5, 0.6) is 0 Å². The number of piperidine rings is 1. The first-order chi connectivity index (χ1) is 9.09. The number of likely N-dealkylation sites (N-methyl/N-ethyl adjacent to an activating group) is 1. The number of hydrogen-bond donors (Lipinski definition) is 1. The van der Waals surface area contributed by atoms with Crippen LogP contribution in [0.3, 0.4) is 0 Å². The molecule has 0 aliphatic carbocycles. The molecule has 0 saturated carbocycles. The largest absolute Gasteiger partial charge is 0.353 e. The zero-order valence-corrected chi connectivity index (χ0v) is 11.5. The number of hydrogen-bond acceptors (Lipinski definition) is 5. The van der Waals surface area contributed by atoms with E-state index in [1.54, 1.807) is 18.0 Å². The van der Waals surface area contributed by atoms with Gasteiger partial charge < -0.3 is 15.5 Å². The van der Waals surface area contributed by atoms with E-state index in [0.717, 1.165) is 31.7 Å². The van der Waals surface area contributed by atoms with Crippen LogP contribution in [0.15, 0.2) is 18.3 Å². The van der Waals surface area contributed by atoms with Gasteiger partial charge in [-0.15, -0.1) is 5.10 Å². The van der Waals surface area contributed by atoms with Gasteiger partial charge in [-0.2, -0.15) is 5.10 Å². The molecular weight excluding hydrogens is 242 g/mol. The highest BCUT2D eigenvalue weighted by Crippen LogP contribution is 2.19. The average molecular weight is 263 g/mol. The van der Waals surface area contributed by atoms with Crippen molar-refractivity contribution in [2.75, 3.05) is 25.0 Å². The van der Waals surface area contributed by atoms with Crippen LogP contribution in [0.4, 0.5) is 5.82 Å². The number of nitrogens with zero attached hydrogens (tertiary/aromatic N) is 4. The van der Waals surface area contributed by atoms with Crippen molar-refractivity contribution >= 4 is 11.7 Å². The Kier molecular flexibility index (Phi) is 4.31. The highest BCUT2D eigenvalue weighted by molar-refractivity contribution is 5.81. The van der Waals surface area contributed by atoms with E-state index < -0.39 is 6.04 Å². The van der Waals surface area contributed by atoms with Crippen LogP contribution >= 0.6 is 0 Å². The van der Waals surface area contributed by atoms with Gasteiger partial charge in [-0.05, 0) is 31.9 Å². The first-order valence-electron chi connectivity index (χ1n) is 6.64. The number of amides is 1. The quantitative estimate of drug-likeness (QED) is 0.846. The Morgan fingerprint density at radius 2 is 2.42 bits per heavy atom. The predicted molar refractivity (Wildman–Crippen MR) is 73.7 cm³/mol. The summed E-state index contributed by atoms with van der Waals surface area (Å²) >= 11 is 0. The Labute approximate surface area is 113 Å². The molecule has 2 heterocycles. The Bertz CT molecular complexity index is 422. The van der Waals surface area contributed by atoms with E-state index in [4.69, 9.17) is 5.73 Å². The number of aromatic nitrogens is 2. The summed E-state index contributed by atoms with van der Waals surface area (Å²) in [5.74, 6) is 0.861. The Morgan fingerprint density at radius 3 is 3.05 bits per heavy atom. The molecule has 1 saturated heterocycles. The molecule has 1 aliphatic heterocycles. The van der Waals surface area contributed by atoms with Crippen LogP contribution < -0.4 is 10.6 Å². The van der Waals surface area contributed by atoms with E-state index in [1.165, 1.54) is 0 Å². The lowest BCUT2D eigenvalue weighted by Gasteiger charge is -2.38. The van der Waals surface area contributed by atoms with Gasteiger partial charge in [0.15, 0.2) is 5.82 Å². The first kappa shape index (κ1) is 13.7. The predicted octanol–water partition coefficient (Wildman–Crippen LogP) is 0.251. The van der Waals surface area contributed by atoms with Crippen LogP contribution in [0.2, 0.25) is 0 Å². The van der Waals surface area contributed by atoms with Gasteiger partial charge in [0, 0.05) is 32.4 Å². The van der Waals surface area contributed by atoms with Crippen molar-refractivity contribution in [2.45, 2.75) is 31.8 Å². The summed E-state index contributed by atoms with van der Waals surface area (Å²) in [6.45, 7) is 3.46. The molecule has 1 fully saturated rings. The van der Waals surface area contributed by atoms with Crippen LogP contribution in [-0.2, 0) is 4.79 Å². The minimum Gasteiger partial charge on any atom is -0.353 e. The summed E-state index contributed by atoms with van der Waals surface area (Å²) < 4.78 is 0. The second-order valence-electron chi connectivity index (χ2n) is 5.06. The van der Waals surface area contributed by atoms with E-state index in [-0.39, 0.29) is 11.9 Å². The smallest absolute Gasteiger partial charge is 0.239 e.